The lowest BCUT2D eigenvalue weighted by molar-refractivity contribution is -0.124. The van der Waals surface area contributed by atoms with Crippen molar-refractivity contribution in [2.45, 2.75) is 11.4 Å². The summed E-state index contributed by atoms with van der Waals surface area (Å²) in [5.41, 5.74) is 0.576. The Morgan fingerprint density at radius 1 is 0.933 bits per heavy atom. The van der Waals surface area contributed by atoms with Crippen molar-refractivity contribution < 1.29 is 37.0 Å². The summed E-state index contributed by atoms with van der Waals surface area (Å²) in [5.74, 6) is -0.342. The zero-order valence-corrected chi connectivity index (χ0v) is 17.4. The Hall–Kier alpha value is -3.31. The lowest BCUT2D eigenvalue weighted by Crippen LogP contribution is -2.28. The monoisotopic (exact) mass is 438 g/mol. The van der Waals surface area contributed by atoms with Crippen molar-refractivity contribution in [2.24, 2.45) is 5.14 Å². The molecular formula is C19H22N2O8S. The summed E-state index contributed by atoms with van der Waals surface area (Å²) in [6.45, 7) is -0.407. The van der Waals surface area contributed by atoms with E-state index in [0.29, 0.717) is 11.5 Å². The van der Waals surface area contributed by atoms with Crippen LogP contribution in [0.4, 0.5) is 0 Å². The van der Waals surface area contributed by atoms with Crippen LogP contribution in [-0.4, -0.2) is 48.2 Å². The highest BCUT2D eigenvalue weighted by Gasteiger charge is 2.19. The quantitative estimate of drug-likeness (QED) is 0.548. The Kier molecular flexibility index (Phi) is 7.61. The van der Waals surface area contributed by atoms with E-state index in [1.165, 1.54) is 33.5 Å². The predicted molar refractivity (Wildman–Crippen MR) is 106 cm³/mol. The summed E-state index contributed by atoms with van der Waals surface area (Å²) in [5, 5.41) is 7.67. The Morgan fingerprint density at radius 2 is 1.57 bits per heavy atom. The topological polar surface area (TPSA) is 143 Å². The molecule has 0 saturated carbocycles. The molecule has 0 fully saturated rings. The average Bonchev–Trinajstić information content (AvgIpc) is 2.74. The van der Waals surface area contributed by atoms with Crippen LogP contribution < -0.4 is 24.7 Å². The average molecular weight is 438 g/mol. The lowest BCUT2D eigenvalue weighted by atomic mass is 10.2. The molecule has 11 heteroatoms. The summed E-state index contributed by atoms with van der Waals surface area (Å²) in [6.07, 6.45) is 0. The van der Waals surface area contributed by atoms with Crippen LogP contribution in [0.25, 0.3) is 0 Å². The molecule has 3 N–H and O–H groups in total. The molecule has 0 aliphatic rings. The number of nitrogens with one attached hydrogen (secondary N) is 1. The molecule has 0 heterocycles. The van der Waals surface area contributed by atoms with Gasteiger partial charge in [0, 0.05) is 6.54 Å². The van der Waals surface area contributed by atoms with Gasteiger partial charge in [-0.1, -0.05) is 6.07 Å². The molecule has 0 aliphatic heterocycles. The molecule has 0 aliphatic carbocycles. The van der Waals surface area contributed by atoms with Crippen LogP contribution in [0.15, 0.2) is 41.3 Å². The first-order valence-electron chi connectivity index (χ1n) is 8.55. The molecule has 162 valence electrons. The summed E-state index contributed by atoms with van der Waals surface area (Å²) >= 11 is 0. The molecule has 0 unspecified atom stereocenters. The van der Waals surface area contributed by atoms with Crippen LogP contribution in [0, 0.1) is 0 Å². The van der Waals surface area contributed by atoms with Gasteiger partial charge in [0.25, 0.3) is 5.91 Å². The second-order valence-electron chi connectivity index (χ2n) is 5.95. The van der Waals surface area contributed by atoms with Gasteiger partial charge in [0.15, 0.2) is 18.1 Å². The molecule has 0 atom stereocenters. The van der Waals surface area contributed by atoms with Crippen LogP contribution in [0.5, 0.6) is 17.2 Å². The summed E-state index contributed by atoms with van der Waals surface area (Å²) in [7, 11) is 0.291. The van der Waals surface area contributed by atoms with E-state index in [2.05, 4.69) is 5.32 Å². The number of methoxy groups -OCH3 is 3. The minimum absolute atomic E-state index is 0.0816. The van der Waals surface area contributed by atoms with Gasteiger partial charge in [-0.3, -0.25) is 4.79 Å². The van der Waals surface area contributed by atoms with Gasteiger partial charge in [-0.05, 0) is 35.9 Å². The third-order valence-electron chi connectivity index (χ3n) is 3.99. The van der Waals surface area contributed by atoms with Crippen molar-refractivity contribution in [1.82, 2.24) is 5.32 Å². The van der Waals surface area contributed by atoms with Gasteiger partial charge in [0.2, 0.25) is 10.0 Å². The van der Waals surface area contributed by atoms with Crippen molar-refractivity contribution in [3.63, 3.8) is 0 Å². The second kappa shape index (κ2) is 9.94. The number of hydrogen-bond donors (Lipinski definition) is 2. The number of primary sulfonamides is 1. The highest BCUT2D eigenvalue weighted by Crippen LogP contribution is 2.27. The molecule has 2 rings (SSSR count). The molecule has 2 aromatic rings. The number of rotatable bonds is 9. The first kappa shape index (κ1) is 23.0. The van der Waals surface area contributed by atoms with Gasteiger partial charge in [-0.2, -0.15) is 0 Å². The van der Waals surface area contributed by atoms with Gasteiger partial charge in [-0.15, -0.1) is 0 Å². The van der Waals surface area contributed by atoms with E-state index in [1.807, 2.05) is 0 Å². The predicted octanol–water partition coefficient (Wildman–Crippen LogP) is 0.833. The molecule has 10 nitrogen and oxygen atoms in total. The maximum absolute atomic E-state index is 12.3. The van der Waals surface area contributed by atoms with Crippen LogP contribution in [0.1, 0.15) is 15.9 Å². The Bertz CT molecular complexity index is 1040. The fraction of sp³-hybridized carbons (Fsp3) is 0.263. The van der Waals surface area contributed by atoms with E-state index < -0.39 is 28.5 Å². The zero-order chi connectivity index (χ0) is 22.3. The number of sulfonamides is 1. The molecular weight excluding hydrogens is 416 g/mol. The number of esters is 1. The van der Waals surface area contributed by atoms with Crippen LogP contribution >= 0.6 is 0 Å². The van der Waals surface area contributed by atoms with Crippen LogP contribution in [-0.2, 0) is 26.1 Å². The molecule has 0 bridgehead atoms. The fourth-order valence-corrected chi connectivity index (χ4v) is 3.01. The SMILES string of the molecule is COc1ccc(CNC(=O)COC(=O)c2cc(S(N)(=O)=O)ccc2OC)cc1OC. The van der Waals surface area contributed by atoms with Crippen LogP contribution in [0.2, 0.25) is 0 Å². The Balaban J connectivity index is 1.99. The van der Waals surface area contributed by atoms with E-state index in [4.69, 9.17) is 24.1 Å². The van der Waals surface area contributed by atoms with E-state index >= 15 is 0 Å². The Labute approximate surface area is 173 Å². The molecule has 0 aromatic heterocycles. The summed E-state index contributed by atoms with van der Waals surface area (Å²) in [4.78, 5) is 24.0. The van der Waals surface area contributed by atoms with Crippen molar-refractivity contribution in [1.29, 1.82) is 0 Å². The smallest absolute Gasteiger partial charge is 0.342 e. The number of nitrogens with two attached hydrogens (primary N) is 1. The van der Waals surface area contributed by atoms with Crippen molar-refractivity contribution in [2.75, 3.05) is 27.9 Å². The lowest BCUT2D eigenvalue weighted by Gasteiger charge is -2.11. The second-order valence-corrected chi connectivity index (χ2v) is 7.51. The standard InChI is InChI=1S/C19H22N2O8S/c1-26-15-7-5-13(30(20,24)25)9-14(15)19(23)29-11-18(22)21-10-12-4-6-16(27-2)17(8-12)28-3/h4-9H,10-11H2,1-3H3,(H,21,22)(H2,20,24,25). The maximum Gasteiger partial charge on any atom is 0.342 e. The third-order valence-corrected chi connectivity index (χ3v) is 4.90. The third kappa shape index (κ3) is 5.84. The minimum Gasteiger partial charge on any atom is -0.496 e. The van der Waals surface area contributed by atoms with E-state index in [0.717, 1.165) is 11.6 Å². The maximum atomic E-state index is 12.3. The summed E-state index contributed by atoms with van der Waals surface area (Å²) in [6, 6.07) is 8.64. The number of carbonyl (C=O) groups excluding carboxylic acids is 2. The molecule has 0 spiro atoms. The van der Waals surface area contributed by atoms with Crippen molar-refractivity contribution in [3.8, 4) is 17.2 Å². The Morgan fingerprint density at radius 3 is 2.17 bits per heavy atom. The van der Waals surface area contributed by atoms with E-state index in [1.54, 1.807) is 18.2 Å². The van der Waals surface area contributed by atoms with Crippen molar-refractivity contribution >= 4 is 21.9 Å². The number of ether oxygens (including phenoxy) is 4. The number of hydrogen-bond acceptors (Lipinski definition) is 8. The number of benzene rings is 2. The van der Waals surface area contributed by atoms with Crippen molar-refractivity contribution in [3.05, 3.63) is 47.5 Å². The first-order chi connectivity index (χ1) is 14.2. The highest BCUT2D eigenvalue weighted by molar-refractivity contribution is 7.89. The summed E-state index contributed by atoms with van der Waals surface area (Å²) < 4.78 is 43.3. The zero-order valence-electron chi connectivity index (χ0n) is 16.6. The van der Waals surface area contributed by atoms with Crippen LogP contribution in [0.3, 0.4) is 0 Å². The first-order valence-corrected chi connectivity index (χ1v) is 10.1. The molecule has 0 saturated heterocycles. The van der Waals surface area contributed by atoms with Gasteiger partial charge in [0.1, 0.15) is 11.3 Å². The fourth-order valence-electron chi connectivity index (χ4n) is 2.47. The van der Waals surface area contributed by atoms with Gasteiger partial charge in [-0.25, -0.2) is 18.4 Å². The van der Waals surface area contributed by atoms with Gasteiger partial charge in [0.05, 0.1) is 26.2 Å². The van der Waals surface area contributed by atoms with E-state index in [9.17, 15) is 18.0 Å². The normalized spacial score (nSPS) is 10.8. The molecule has 2 aromatic carbocycles. The number of carbonyl (C=O) groups is 2. The molecule has 0 radical (unpaired) electrons. The van der Waals surface area contributed by atoms with Gasteiger partial charge < -0.3 is 24.3 Å². The van der Waals surface area contributed by atoms with E-state index in [-0.39, 0.29) is 22.8 Å². The largest absolute Gasteiger partial charge is 0.496 e. The van der Waals surface area contributed by atoms with Gasteiger partial charge >= 0.3 is 5.97 Å². The minimum atomic E-state index is -4.03. The molecule has 30 heavy (non-hydrogen) atoms. The molecule has 1 amide bonds. The number of amides is 1. The highest BCUT2D eigenvalue weighted by atomic mass is 32.2.